The number of benzene rings is 2. The lowest BCUT2D eigenvalue weighted by molar-refractivity contribution is -0.137. The Hall–Kier alpha value is -2.32. The molecule has 0 aromatic heterocycles. The van der Waals surface area contributed by atoms with Crippen molar-refractivity contribution in [3.8, 4) is 0 Å². The first kappa shape index (κ1) is 23.3. The maximum absolute atomic E-state index is 13.0. The number of thioether (sulfide) groups is 1. The smallest absolute Gasteiger partial charge is 0.303 e. The standard InChI is InChI=1S/C22H21ClF3N3OS/c1-21(2,3)15-7-4-13(5-8-15)12-27-29-20-28-19(30)18(31-20)11-14-6-9-17(23)16(10-14)22(24,25)26/h4-10,12,18H,11H2,1-3H3,(H,28,29,30)/b27-12+. The first-order valence-corrected chi connectivity index (χ1v) is 10.7. The molecule has 2 aromatic rings. The summed E-state index contributed by atoms with van der Waals surface area (Å²) in [6.07, 6.45) is -2.85. The second-order valence-electron chi connectivity index (χ2n) is 8.13. The molecule has 0 spiro atoms. The third-order valence-electron chi connectivity index (χ3n) is 4.67. The number of hydrogen-bond acceptors (Lipinski definition) is 4. The van der Waals surface area contributed by atoms with Crippen molar-refractivity contribution in [2.45, 2.75) is 44.0 Å². The quantitative estimate of drug-likeness (QED) is 0.455. The monoisotopic (exact) mass is 467 g/mol. The van der Waals surface area contributed by atoms with Crippen molar-refractivity contribution in [1.29, 1.82) is 0 Å². The van der Waals surface area contributed by atoms with E-state index in [0.29, 0.717) is 10.7 Å². The van der Waals surface area contributed by atoms with Gasteiger partial charge in [-0.1, -0.05) is 74.5 Å². The molecule has 9 heteroatoms. The van der Waals surface area contributed by atoms with Gasteiger partial charge in [-0.05, 0) is 40.7 Å². The second-order valence-corrected chi connectivity index (χ2v) is 9.73. The summed E-state index contributed by atoms with van der Waals surface area (Å²) in [6, 6.07) is 11.6. The van der Waals surface area contributed by atoms with Gasteiger partial charge in [0.2, 0.25) is 5.91 Å². The fraction of sp³-hybridized carbons (Fsp3) is 0.318. The molecule has 1 atom stereocenters. The van der Waals surface area contributed by atoms with Gasteiger partial charge in [-0.15, -0.1) is 5.10 Å². The van der Waals surface area contributed by atoms with Crippen LogP contribution in [0.3, 0.4) is 0 Å². The highest BCUT2D eigenvalue weighted by atomic mass is 35.5. The minimum absolute atomic E-state index is 0.0562. The lowest BCUT2D eigenvalue weighted by atomic mass is 9.87. The van der Waals surface area contributed by atoms with Gasteiger partial charge >= 0.3 is 6.18 Å². The van der Waals surface area contributed by atoms with Crippen LogP contribution < -0.4 is 5.32 Å². The van der Waals surface area contributed by atoms with Gasteiger partial charge in [0.15, 0.2) is 5.17 Å². The zero-order chi connectivity index (χ0) is 22.8. The van der Waals surface area contributed by atoms with Crippen LogP contribution in [0.5, 0.6) is 0 Å². The Bertz CT molecular complexity index is 1030. The van der Waals surface area contributed by atoms with Crippen LogP contribution in [-0.4, -0.2) is 22.5 Å². The van der Waals surface area contributed by atoms with E-state index in [1.54, 1.807) is 6.21 Å². The van der Waals surface area contributed by atoms with Gasteiger partial charge in [0.25, 0.3) is 0 Å². The minimum atomic E-state index is -4.55. The average molecular weight is 468 g/mol. The first-order valence-electron chi connectivity index (χ1n) is 9.48. The predicted octanol–water partition coefficient (Wildman–Crippen LogP) is 5.82. The average Bonchev–Trinajstić information content (AvgIpc) is 3.01. The van der Waals surface area contributed by atoms with Crippen LogP contribution in [0.2, 0.25) is 5.02 Å². The van der Waals surface area contributed by atoms with Gasteiger partial charge in [0.1, 0.15) is 0 Å². The van der Waals surface area contributed by atoms with Crippen molar-refractivity contribution in [2.75, 3.05) is 0 Å². The number of nitrogens with zero attached hydrogens (tertiary/aromatic N) is 2. The van der Waals surface area contributed by atoms with E-state index in [-0.39, 0.29) is 22.8 Å². The lowest BCUT2D eigenvalue weighted by Gasteiger charge is -2.18. The van der Waals surface area contributed by atoms with Gasteiger partial charge in [-0.3, -0.25) is 4.79 Å². The Balaban J connectivity index is 1.65. The fourth-order valence-corrected chi connectivity index (χ4v) is 4.12. The Kier molecular flexibility index (Phi) is 6.81. The molecule has 1 amide bonds. The number of halogens is 4. The molecular weight excluding hydrogens is 447 g/mol. The van der Waals surface area contributed by atoms with Gasteiger partial charge in [0.05, 0.1) is 22.1 Å². The normalized spacial score (nSPS) is 18.7. The van der Waals surface area contributed by atoms with Gasteiger partial charge in [-0.25, -0.2) is 0 Å². The van der Waals surface area contributed by atoms with E-state index in [4.69, 9.17) is 11.6 Å². The minimum Gasteiger partial charge on any atom is -0.303 e. The number of hydrogen-bond donors (Lipinski definition) is 1. The summed E-state index contributed by atoms with van der Waals surface area (Å²) in [5, 5.41) is 9.98. The summed E-state index contributed by atoms with van der Waals surface area (Å²) in [4.78, 5) is 12.2. The van der Waals surface area contributed by atoms with Gasteiger partial charge in [-0.2, -0.15) is 18.3 Å². The maximum atomic E-state index is 13.0. The molecule has 3 rings (SSSR count). The Morgan fingerprint density at radius 3 is 2.42 bits per heavy atom. The Morgan fingerprint density at radius 2 is 1.81 bits per heavy atom. The SMILES string of the molecule is CC(C)(C)c1ccc(/C=N/N=C2\NC(=O)C(Cc3ccc(Cl)c(C(F)(F)F)c3)S2)cc1. The molecule has 1 heterocycles. The number of amides is 1. The maximum Gasteiger partial charge on any atom is 0.417 e. The van der Waals surface area contributed by atoms with Crippen LogP contribution in [0.15, 0.2) is 52.7 Å². The molecule has 31 heavy (non-hydrogen) atoms. The van der Waals surface area contributed by atoms with Crippen LogP contribution in [0.25, 0.3) is 0 Å². The van der Waals surface area contributed by atoms with E-state index in [1.807, 2.05) is 24.3 Å². The number of nitrogens with one attached hydrogen (secondary N) is 1. The number of carbonyl (C=O) groups is 1. The van der Waals surface area contributed by atoms with E-state index in [9.17, 15) is 18.0 Å². The molecule has 2 aromatic carbocycles. The summed E-state index contributed by atoms with van der Waals surface area (Å²) in [5.74, 6) is -0.322. The topological polar surface area (TPSA) is 53.8 Å². The van der Waals surface area contributed by atoms with Crippen LogP contribution in [0.4, 0.5) is 13.2 Å². The highest BCUT2D eigenvalue weighted by Gasteiger charge is 2.35. The summed E-state index contributed by atoms with van der Waals surface area (Å²) in [7, 11) is 0. The number of carbonyl (C=O) groups excluding carboxylic acids is 1. The summed E-state index contributed by atoms with van der Waals surface area (Å²) in [6.45, 7) is 6.39. The molecule has 1 fully saturated rings. The zero-order valence-corrected chi connectivity index (χ0v) is 18.7. The molecule has 164 valence electrons. The molecule has 0 aliphatic carbocycles. The van der Waals surface area contributed by atoms with Crippen molar-refractivity contribution in [1.82, 2.24) is 5.32 Å². The molecule has 4 nitrogen and oxygen atoms in total. The van der Waals surface area contributed by atoms with Crippen LogP contribution in [-0.2, 0) is 22.8 Å². The third-order valence-corrected chi connectivity index (χ3v) is 6.07. The van der Waals surface area contributed by atoms with Crippen LogP contribution in [0.1, 0.15) is 43.0 Å². The molecule has 1 unspecified atom stereocenters. The van der Waals surface area contributed by atoms with Crippen molar-refractivity contribution in [3.05, 3.63) is 69.7 Å². The van der Waals surface area contributed by atoms with E-state index < -0.39 is 17.0 Å². The first-order chi connectivity index (χ1) is 14.4. The van der Waals surface area contributed by atoms with E-state index in [1.165, 1.54) is 17.7 Å². The van der Waals surface area contributed by atoms with Crippen molar-refractivity contribution in [2.24, 2.45) is 10.2 Å². The van der Waals surface area contributed by atoms with Crippen molar-refractivity contribution >= 4 is 40.7 Å². The highest BCUT2D eigenvalue weighted by Crippen LogP contribution is 2.36. The molecule has 0 saturated carbocycles. The highest BCUT2D eigenvalue weighted by molar-refractivity contribution is 8.15. The molecule has 0 bridgehead atoms. The molecule has 1 aliphatic rings. The largest absolute Gasteiger partial charge is 0.417 e. The molecule has 1 aliphatic heterocycles. The Morgan fingerprint density at radius 1 is 1.13 bits per heavy atom. The molecule has 0 radical (unpaired) electrons. The summed E-state index contributed by atoms with van der Waals surface area (Å²) >= 11 is 6.78. The van der Waals surface area contributed by atoms with Crippen molar-refractivity contribution in [3.63, 3.8) is 0 Å². The molecule has 1 saturated heterocycles. The Labute approximate surface area is 188 Å². The van der Waals surface area contributed by atoms with Crippen molar-refractivity contribution < 1.29 is 18.0 Å². The third kappa shape index (κ3) is 6.11. The molecular formula is C22H21ClF3N3OS. The van der Waals surface area contributed by atoms with Gasteiger partial charge < -0.3 is 5.32 Å². The lowest BCUT2D eigenvalue weighted by Crippen LogP contribution is -2.26. The number of rotatable bonds is 4. The van der Waals surface area contributed by atoms with E-state index >= 15 is 0 Å². The summed E-state index contributed by atoms with van der Waals surface area (Å²) < 4.78 is 39.1. The second kappa shape index (κ2) is 9.04. The molecule has 1 N–H and O–H groups in total. The van der Waals surface area contributed by atoms with E-state index in [2.05, 4.69) is 36.3 Å². The zero-order valence-electron chi connectivity index (χ0n) is 17.1. The van der Waals surface area contributed by atoms with Crippen LogP contribution >= 0.6 is 23.4 Å². The fourth-order valence-electron chi connectivity index (χ4n) is 2.93. The number of alkyl halides is 3. The van der Waals surface area contributed by atoms with Crippen LogP contribution in [0, 0.1) is 0 Å². The van der Waals surface area contributed by atoms with E-state index in [0.717, 1.165) is 23.4 Å². The van der Waals surface area contributed by atoms with Gasteiger partial charge in [0, 0.05) is 0 Å². The number of amidine groups is 1. The predicted molar refractivity (Wildman–Crippen MR) is 120 cm³/mol. The summed E-state index contributed by atoms with van der Waals surface area (Å²) in [5.41, 5.74) is 1.58.